The van der Waals surface area contributed by atoms with Crippen molar-refractivity contribution in [3.05, 3.63) is 63.8 Å². The molecular formula is C20H19N5O5. The van der Waals surface area contributed by atoms with Crippen molar-refractivity contribution in [2.24, 2.45) is 0 Å². The molecular weight excluding hydrogens is 390 g/mol. The first-order valence-corrected chi connectivity index (χ1v) is 9.34. The van der Waals surface area contributed by atoms with Crippen molar-refractivity contribution in [2.75, 3.05) is 7.05 Å². The molecule has 1 aromatic carbocycles. The van der Waals surface area contributed by atoms with E-state index < -0.39 is 17.6 Å². The smallest absolute Gasteiger partial charge is 0.417 e. The number of amides is 2. The van der Waals surface area contributed by atoms with Crippen LogP contribution >= 0.6 is 0 Å². The number of fused-ring (bicyclic) bond motifs is 1. The van der Waals surface area contributed by atoms with Crippen LogP contribution in [0.1, 0.15) is 39.1 Å². The van der Waals surface area contributed by atoms with Gasteiger partial charge in [0.15, 0.2) is 0 Å². The second kappa shape index (κ2) is 7.47. The average Bonchev–Trinajstić information content (AvgIpc) is 3.42. The Balaban J connectivity index is 1.79. The molecule has 0 unspecified atom stereocenters. The highest BCUT2D eigenvalue weighted by molar-refractivity contribution is 5.99. The van der Waals surface area contributed by atoms with Gasteiger partial charge in [-0.15, -0.1) is 0 Å². The van der Waals surface area contributed by atoms with Crippen LogP contribution in [0.5, 0.6) is 0 Å². The van der Waals surface area contributed by atoms with E-state index in [0.29, 0.717) is 16.6 Å². The van der Waals surface area contributed by atoms with Crippen LogP contribution in [0.15, 0.2) is 41.6 Å². The SMILES string of the molecule is CNC(=O)c1cc(C(=O)NC2CC2)cn(Cc2cccc3c2ncn3C(=O)O)c1=O. The Kier molecular flexibility index (Phi) is 4.82. The number of pyridine rings is 1. The minimum absolute atomic E-state index is 0.0152. The first kappa shape index (κ1) is 19.4. The standard InChI is InChI=1S/C20H19N5O5/c1-21-18(27)14-7-12(17(26)23-13-5-6-13)9-24(19(14)28)8-11-3-2-4-15-16(11)22-10-25(15)20(29)30/h2-4,7,9-10,13H,5-6,8H2,1H3,(H,21,27)(H,23,26)(H,29,30). The molecule has 0 atom stereocenters. The lowest BCUT2D eigenvalue weighted by Gasteiger charge is -2.12. The summed E-state index contributed by atoms with van der Waals surface area (Å²) in [4.78, 5) is 53.1. The maximum Gasteiger partial charge on any atom is 0.417 e. The number of para-hydroxylation sites is 1. The molecule has 0 radical (unpaired) electrons. The number of benzene rings is 1. The van der Waals surface area contributed by atoms with Gasteiger partial charge in [0.25, 0.3) is 17.4 Å². The molecule has 1 saturated carbocycles. The molecule has 0 spiro atoms. The van der Waals surface area contributed by atoms with Crippen molar-refractivity contribution in [1.29, 1.82) is 0 Å². The van der Waals surface area contributed by atoms with E-state index in [1.807, 2.05) is 0 Å². The van der Waals surface area contributed by atoms with E-state index in [1.54, 1.807) is 18.2 Å². The van der Waals surface area contributed by atoms with Crippen molar-refractivity contribution in [2.45, 2.75) is 25.4 Å². The molecule has 10 nitrogen and oxygen atoms in total. The molecule has 2 amide bonds. The van der Waals surface area contributed by atoms with E-state index in [9.17, 15) is 24.3 Å². The summed E-state index contributed by atoms with van der Waals surface area (Å²) in [7, 11) is 1.41. The van der Waals surface area contributed by atoms with Crippen LogP contribution < -0.4 is 16.2 Å². The normalized spacial score (nSPS) is 13.2. The molecule has 3 N–H and O–H groups in total. The monoisotopic (exact) mass is 409 g/mol. The van der Waals surface area contributed by atoms with Gasteiger partial charge in [-0.05, 0) is 30.5 Å². The van der Waals surface area contributed by atoms with Crippen molar-refractivity contribution < 1.29 is 19.5 Å². The van der Waals surface area contributed by atoms with Gasteiger partial charge in [-0.2, -0.15) is 0 Å². The molecule has 2 aromatic heterocycles. The van der Waals surface area contributed by atoms with Crippen molar-refractivity contribution >= 4 is 28.9 Å². The van der Waals surface area contributed by atoms with Crippen LogP contribution in [0.3, 0.4) is 0 Å². The summed E-state index contributed by atoms with van der Waals surface area (Å²) >= 11 is 0. The van der Waals surface area contributed by atoms with Gasteiger partial charge in [0.1, 0.15) is 11.9 Å². The predicted molar refractivity (Wildman–Crippen MR) is 107 cm³/mol. The summed E-state index contributed by atoms with van der Waals surface area (Å²) in [5.74, 6) is -0.951. The van der Waals surface area contributed by atoms with Gasteiger partial charge in [0.2, 0.25) is 0 Å². The van der Waals surface area contributed by atoms with Crippen LogP contribution in [0.2, 0.25) is 0 Å². The molecule has 1 aliphatic carbocycles. The summed E-state index contributed by atoms with van der Waals surface area (Å²) in [6.07, 6.45) is 3.23. The molecule has 30 heavy (non-hydrogen) atoms. The Morgan fingerprint density at radius 2 is 2.00 bits per heavy atom. The van der Waals surface area contributed by atoms with Gasteiger partial charge in [-0.3, -0.25) is 14.4 Å². The van der Waals surface area contributed by atoms with E-state index >= 15 is 0 Å². The predicted octanol–water partition coefficient (Wildman–Crippen LogP) is 1.02. The molecule has 1 fully saturated rings. The lowest BCUT2D eigenvalue weighted by molar-refractivity contribution is 0.0950. The van der Waals surface area contributed by atoms with Gasteiger partial charge in [0, 0.05) is 19.3 Å². The fourth-order valence-electron chi connectivity index (χ4n) is 3.23. The van der Waals surface area contributed by atoms with Gasteiger partial charge in [-0.1, -0.05) is 12.1 Å². The number of carbonyl (C=O) groups is 3. The summed E-state index contributed by atoms with van der Waals surface area (Å²) < 4.78 is 2.25. The lowest BCUT2D eigenvalue weighted by atomic mass is 10.1. The van der Waals surface area contributed by atoms with Crippen LogP contribution in [0, 0.1) is 0 Å². The Hall–Kier alpha value is -3.95. The zero-order valence-corrected chi connectivity index (χ0v) is 16.1. The van der Waals surface area contributed by atoms with E-state index in [2.05, 4.69) is 15.6 Å². The number of rotatable bonds is 5. The highest BCUT2D eigenvalue weighted by Gasteiger charge is 2.25. The molecule has 3 aromatic rings. The number of carboxylic acid groups (broad SMARTS) is 1. The van der Waals surface area contributed by atoms with Crippen LogP contribution in [0.4, 0.5) is 4.79 Å². The van der Waals surface area contributed by atoms with E-state index in [4.69, 9.17) is 0 Å². The minimum atomic E-state index is -1.17. The summed E-state index contributed by atoms with van der Waals surface area (Å²) in [5, 5.41) is 14.5. The zero-order valence-electron chi connectivity index (χ0n) is 16.1. The summed E-state index contributed by atoms with van der Waals surface area (Å²) in [5.41, 5.74) is 0.861. The zero-order chi connectivity index (χ0) is 21.4. The molecule has 0 saturated heterocycles. The third-order valence-electron chi connectivity index (χ3n) is 4.94. The fourth-order valence-corrected chi connectivity index (χ4v) is 3.23. The second-order valence-corrected chi connectivity index (χ2v) is 7.08. The van der Waals surface area contributed by atoms with E-state index in [1.165, 1.54) is 30.2 Å². The molecule has 0 bridgehead atoms. The van der Waals surface area contributed by atoms with Crippen LogP contribution in [-0.2, 0) is 6.54 Å². The molecule has 4 rings (SSSR count). The summed E-state index contributed by atoms with van der Waals surface area (Å²) in [6.45, 7) is 0.0152. The van der Waals surface area contributed by atoms with E-state index in [-0.39, 0.29) is 29.6 Å². The highest BCUT2D eigenvalue weighted by Crippen LogP contribution is 2.20. The molecule has 0 aliphatic heterocycles. The summed E-state index contributed by atoms with van der Waals surface area (Å²) in [6, 6.07) is 6.39. The van der Waals surface area contributed by atoms with Crippen LogP contribution in [0.25, 0.3) is 11.0 Å². The quantitative estimate of drug-likeness (QED) is 0.576. The van der Waals surface area contributed by atoms with Gasteiger partial charge in [0.05, 0.1) is 23.1 Å². The van der Waals surface area contributed by atoms with Crippen molar-refractivity contribution in [1.82, 2.24) is 24.8 Å². The molecule has 1 aliphatic rings. The Bertz CT molecular complexity index is 1240. The van der Waals surface area contributed by atoms with E-state index in [0.717, 1.165) is 17.4 Å². The molecule has 10 heteroatoms. The number of hydrogen-bond donors (Lipinski definition) is 3. The Labute approximate surface area is 170 Å². The number of imidazole rings is 1. The third kappa shape index (κ3) is 3.54. The Morgan fingerprint density at radius 3 is 2.67 bits per heavy atom. The highest BCUT2D eigenvalue weighted by atomic mass is 16.4. The van der Waals surface area contributed by atoms with Crippen molar-refractivity contribution in [3.63, 3.8) is 0 Å². The number of nitrogens with zero attached hydrogens (tertiary/aromatic N) is 3. The topological polar surface area (TPSA) is 135 Å². The first-order valence-electron chi connectivity index (χ1n) is 9.34. The number of aromatic nitrogens is 3. The number of hydrogen-bond acceptors (Lipinski definition) is 5. The van der Waals surface area contributed by atoms with Gasteiger partial charge in [-0.25, -0.2) is 14.3 Å². The molecule has 154 valence electrons. The minimum Gasteiger partial charge on any atom is -0.464 e. The number of nitrogens with one attached hydrogen (secondary N) is 2. The van der Waals surface area contributed by atoms with Gasteiger partial charge < -0.3 is 20.3 Å². The fraction of sp³-hybridized carbons (Fsp3) is 0.250. The molecule has 2 heterocycles. The maximum atomic E-state index is 12.9. The average molecular weight is 409 g/mol. The Morgan fingerprint density at radius 1 is 1.23 bits per heavy atom. The second-order valence-electron chi connectivity index (χ2n) is 7.08. The maximum absolute atomic E-state index is 12.9. The van der Waals surface area contributed by atoms with Gasteiger partial charge >= 0.3 is 6.09 Å². The third-order valence-corrected chi connectivity index (χ3v) is 4.94. The van der Waals surface area contributed by atoms with Crippen LogP contribution in [-0.4, -0.2) is 50.2 Å². The first-order chi connectivity index (χ1) is 14.4. The van der Waals surface area contributed by atoms with Crippen molar-refractivity contribution in [3.8, 4) is 0 Å². The lowest BCUT2D eigenvalue weighted by Crippen LogP contribution is -2.34. The largest absolute Gasteiger partial charge is 0.464 e. The number of carbonyl (C=O) groups excluding carboxylic acids is 2.